The summed E-state index contributed by atoms with van der Waals surface area (Å²) in [6.45, 7) is 7.19. The standard InChI is InChI=1S/C17H26N2O2/c1-11-8-16(9-12(2)20-11)21-17-7-4-14(13(3)19-17)10-18-15-5-6-15/h4,7,11-12,15-16,18H,5-6,8-10H2,1-3H3. The molecule has 1 aromatic heterocycles. The van der Waals surface area contributed by atoms with Crippen LogP contribution in [0.4, 0.5) is 0 Å². The first kappa shape index (κ1) is 14.8. The van der Waals surface area contributed by atoms with Crippen molar-refractivity contribution in [2.24, 2.45) is 0 Å². The van der Waals surface area contributed by atoms with Gasteiger partial charge in [-0.1, -0.05) is 6.07 Å². The lowest BCUT2D eigenvalue weighted by Crippen LogP contribution is -2.35. The van der Waals surface area contributed by atoms with Crippen molar-refractivity contribution in [3.63, 3.8) is 0 Å². The summed E-state index contributed by atoms with van der Waals surface area (Å²) in [6, 6.07) is 4.87. The van der Waals surface area contributed by atoms with E-state index in [1.165, 1.54) is 18.4 Å². The van der Waals surface area contributed by atoms with E-state index in [1.54, 1.807) is 0 Å². The maximum Gasteiger partial charge on any atom is 0.213 e. The number of rotatable bonds is 5. The fourth-order valence-electron chi connectivity index (χ4n) is 2.97. The van der Waals surface area contributed by atoms with E-state index in [4.69, 9.17) is 9.47 Å². The number of nitrogens with one attached hydrogen (secondary N) is 1. The highest BCUT2D eigenvalue weighted by Crippen LogP contribution is 2.24. The predicted molar refractivity (Wildman–Crippen MR) is 82.5 cm³/mol. The van der Waals surface area contributed by atoms with Crippen LogP contribution in [0.3, 0.4) is 0 Å². The van der Waals surface area contributed by atoms with Gasteiger partial charge in [-0.3, -0.25) is 0 Å². The summed E-state index contributed by atoms with van der Waals surface area (Å²) in [5.74, 6) is 0.744. The Morgan fingerprint density at radius 2 is 1.95 bits per heavy atom. The van der Waals surface area contributed by atoms with E-state index in [-0.39, 0.29) is 18.3 Å². The largest absolute Gasteiger partial charge is 0.474 e. The lowest BCUT2D eigenvalue weighted by molar-refractivity contribution is -0.0729. The third kappa shape index (κ3) is 4.17. The fourth-order valence-corrected chi connectivity index (χ4v) is 2.97. The van der Waals surface area contributed by atoms with Crippen molar-refractivity contribution in [3.8, 4) is 5.88 Å². The summed E-state index contributed by atoms with van der Waals surface area (Å²) in [5, 5.41) is 3.53. The number of hydrogen-bond acceptors (Lipinski definition) is 4. The molecule has 1 aromatic rings. The molecule has 2 unspecified atom stereocenters. The van der Waals surface area contributed by atoms with Crippen LogP contribution in [-0.2, 0) is 11.3 Å². The Morgan fingerprint density at radius 1 is 1.24 bits per heavy atom. The molecule has 0 spiro atoms. The Balaban J connectivity index is 1.58. The van der Waals surface area contributed by atoms with Gasteiger partial charge in [0.15, 0.2) is 0 Å². The minimum absolute atomic E-state index is 0.214. The van der Waals surface area contributed by atoms with E-state index in [2.05, 4.69) is 37.1 Å². The minimum Gasteiger partial charge on any atom is -0.474 e. The number of hydrogen-bond donors (Lipinski definition) is 1. The summed E-state index contributed by atoms with van der Waals surface area (Å²) >= 11 is 0. The van der Waals surface area contributed by atoms with Crippen molar-refractivity contribution in [2.45, 2.75) is 77.4 Å². The van der Waals surface area contributed by atoms with Crippen molar-refractivity contribution < 1.29 is 9.47 Å². The van der Waals surface area contributed by atoms with E-state index in [0.29, 0.717) is 0 Å². The van der Waals surface area contributed by atoms with Crippen LogP contribution in [0.5, 0.6) is 5.88 Å². The quantitative estimate of drug-likeness (QED) is 0.905. The number of pyridine rings is 1. The highest BCUT2D eigenvalue weighted by Gasteiger charge is 2.26. The molecule has 21 heavy (non-hydrogen) atoms. The highest BCUT2D eigenvalue weighted by molar-refractivity contribution is 5.25. The van der Waals surface area contributed by atoms with Crippen LogP contribution in [-0.4, -0.2) is 29.3 Å². The highest BCUT2D eigenvalue weighted by atomic mass is 16.5. The molecule has 0 amide bonds. The molecule has 2 heterocycles. The van der Waals surface area contributed by atoms with Gasteiger partial charge in [0, 0.05) is 37.2 Å². The van der Waals surface area contributed by atoms with Gasteiger partial charge in [-0.15, -0.1) is 0 Å². The molecule has 3 rings (SSSR count). The Morgan fingerprint density at radius 3 is 2.57 bits per heavy atom. The molecular formula is C17H26N2O2. The van der Waals surface area contributed by atoms with Gasteiger partial charge in [0.2, 0.25) is 5.88 Å². The van der Waals surface area contributed by atoms with Gasteiger partial charge in [-0.25, -0.2) is 4.98 Å². The van der Waals surface area contributed by atoms with Gasteiger partial charge in [0.25, 0.3) is 0 Å². The number of ether oxygens (including phenoxy) is 2. The molecule has 1 aliphatic carbocycles. The molecule has 1 saturated heterocycles. The molecule has 2 aliphatic rings. The fraction of sp³-hybridized carbons (Fsp3) is 0.706. The summed E-state index contributed by atoms with van der Waals surface area (Å²) in [4.78, 5) is 4.61. The molecule has 1 N–H and O–H groups in total. The van der Waals surface area contributed by atoms with E-state index in [1.807, 2.05) is 6.07 Å². The van der Waals surface area contributed by atoms with Gasteiger partial charge < -0.3 is 14.8 Å². The predicted octanol–water partition coefficient (Wildman–Crippen LogP) is 2.98. The van der Waals surface area contributed by atoms with E-state index in [0.717, 1.165) is 37.0 Å². The monoisotopic (exact) mass is 290 g/mol. The lowest BCUT2D eigenvalue weighted by Gasteiger charge is -2.32. The molecule has 116 valence electrons. The zero-order valence-corrected chi connectivity index (χ0v) is 13.3. The molecule has 0 radical (unpaired) electrons. The lowest BCUT2D eigenvalue weighted by atomic mass is 10.0. The molecule has 2 fully saturated rings. The summed E-state index contributed by atoms with van der Waals surface area (Å²) in [6.07, 6.45) is 5.25. The SMILES string of the molecule is Cc1nc(OC2CC(C)OC(C)C2)ccc1CNC1CC1. The summed E-state index contributed by atoms with van der Waals surface area (Å²) < 4.78 is 11.8. The number of nitrogens with zero attached hydrogens (tertiary/aromatic N) is 1. The van der Waals surface area contributed by atoms with E-state index < -0.39 is 0 Å². The first-order valence-electron chi connectivity index (χ1n) is 8.12. The van der Waals surface area contributed by atoms with Crippen LogP contribution in [0.25, 0.3) is 0 Å². The molecule has 1 aliphatic heterocycles. The van der Waals surface area contributed by atoms with Crippen LogP contribution >= 0.6 is 0 Å². The third-order valence-electron chi connectivity index (χ3n) is 4.27. The third-order valence-corrected chi connectivity index (χ3v) is 4.27. The van der Waals surface area contributed by atoms with Crippen molar-refractivity contribution in [2.75, 3.05) is 0 Å². The second kappa shape index (κ2) is 6.32. The molecular weight excluding hydrogens is 264 g/mol. The molecule has 4 heteroatoms. The van der Waals surface area contributed by atoms with Crippen LogP contribution in [0, 0.1) is 6.92 Å². The normalized spacial score (nSPS) is 29.4. The number of aryl methyl sites for hydroxylation is 1. The number of aromatic nitrogens is 1. The molecule has 4 nitrogen and oxygen atoms in total. The summed E-state index contributed by atoms with van der Waals surface area (Å²) in [7, 11) is 0. The van der Waals surface area contributed by atoms with Gasteiger partial charge >= 0.3 is 0 Å². The van der Waals surface area contributed by atoms with Gasteiger partial charge in [0.1, 0.15) is 6.10 Å². The van der Waals surface area contributed by atoms with Gasteiger partial charge in [-0.05, 0) is 39.2 Å². The molecule has 2 atom stereocenters. The van der Waals surface area contributed by atoms with E-state index >= 15 is 0 Å². The van der Waals surface area contributed by atoms with E-state index in [9.17, 15) is 0 Å². The van der Waals surface area contributed by atoms with Crippen molar-refractivity contribution >= 4 is 0 Å². The summed E-state index contributed by atoms with van der Waals surface area (Å²) in [5.41, 5.74) is 2.33. The van der Waals surface area contributed by atoms with Gasteiger partial charge in [0.05, 0.1) is 12.2 Å². The maximum absolute atomic E-state index is 6.06. The Bertz CT molecular complexity index is 478. The Hall–Kier alpha value is -1.13. The van der Waals surface area contributed by atoms with Crippen molar-refractivity contribution in [1.82, 2.24) is 10.3 Å². The minimum atomic E-state index is 0.214. The second-order valence-corrected chi connectivity index (χ2v) is 6.52. The molecule has 0 aromatic carbocycles. The smallest absolute Gasteiger partial charge is 0.213 e. The Kier molecular flexibility index (Phi) is 4.45. The van der Waals surface area contributed by atoms with Crippen molar-refractivity contribution in [3.05, 3.63) is 23.4 Å². The first-order valence-corrected chi connectivity index (χ1v) is 8.12. The second-order valence-electron chi connectivity index (χ2n) is 6.52. The first-order chi connectivity index (χ1) is 10.1. The molecule has 0 bridgehead atoms. The van der Waals surface area contributed by atoms with Crippen LogP contribution < -0.4 is 10.1 Å². The average molecular weight is 290 g/mol. The average Bonchev–Trinajstić information content (AvgIpc) is 3.20. The zero-order valence-electron chi connectivity index (χ0n) is 13.3. The van der Waals surface area contributed by atoms with Gasteiger partial charge in [-0.2, -0.15) is 0 Å². The molecule has 1 saturated carbocycles. The van der Waals surface area contributed by atoms with Crippen LogP contribution in [0.2, 0.25) is 0 Å². The zero-order chi connectivity index (χ0) is 14.8. The Labute approximate surface area is 127 Å². The topological polar surface area (TPSA) is 43.4 Å². The van der Waals surface area contributed by atoms with Crippen LogP contribution in [0.1, 0.15) is 50.8 Å². The van der Waals surface area contributed by atoms with Crippen molar-refractivity contribution in [1.29, 1.82) is 0 Å². The maximum atomic E-state index is 6.06. The van der Waals surface area contributed by atoms with Crippen LogP contribution in [0.15, 0.2) is 12.1 Å².